The maximum atomic E-state index is 13.8. The van der Waals surface area contributed by atoms with Crippen LogP contribution in [0.15, 0.2) is 12.1 Å². The average molecular weight is 279 g/mol. The highest BCUT2D eigenvalue weighted by Gasteiger charge is 2.31. The number of halogens is 2. The van der Waals surface area contributed by atoms with Crippen molar-refractivity contribution in [2.24, 2.45) is 11.8 Å². The van der Waals surface area contributed by atoms with Gasteiger partial charge in [0.05, 0.1) is 5.52 Å². The van der Waals surface area contributed by atoms with Gasteiger partial charge in [-0.2, -0.15) is 0 Å². The standard InChI is InChI=1S/C15H19F2N3/c1-8-4-3-5-12(9(8)2)20-13-7-10(16)6-11(17)14(13)19-15(20)18/h6-9,12H,3-5H2,1-2H3,(H2,18,19). The third-order valence-electron chi connectivity index (χ3n) is 4.74. The van der Waals surface area contributed by atoms with Gasteiger partial charge in [-0.15, -0.1) is 0 Å². The average Bonchev–Trinajstić information content (AvgIpc) is 2.70. The molecule has 1 fully saturated rings. The van der Waals surface area contributed by atoms with Gasteiger partial charge in [0.1, 0.15) is 11.3 Å². The van der Waals surface area contributed by atoms with E-state index >= 15 is 0 Å². The van der Waals surface area contributed by atoms with Gasteiger partial charge in [-0.05, 0) is 18.3 Å². The zero-order valence-corrected chi connectivity index (χ0v) is 11.7. The maximum absolute atomic E-state index is 13.8. The number of nitrogens with two attached hydrogens (primary N) is 1. The molecule has 1 saturated carbocycles. The molecule has 0 bridgehead atoms. The van der Waals surface area contributed by atoms with Crippen LogP contribution in [0.4, 0.5) is 14.7 Å². The minimum absolute atomic E-state index is 0.157. The Morgan fingerprint density at radius 3 is 2.75 bits per heavy atom. The summed E-state index contributed by atoms with van der Waals surface area (Å²) in [6.07, 6.45) is 3.26. The smallest absolute Gasteiger partial charge is 0.201 e. The molecule has 1 aliphatic carbocycles. The second kappa shape index (κ2) is 4.72. The highest BCUT2D eigenvalue weighted by Crippen LogP contribution is 2.40. The molecule has 108 valence electrons. The first-order valence-corrected chi connectivity index (χ1v) is 7.11. The summed E-state index contributed by atoms with van der Waals surface area (Å²) in [5.74, 6) is 0.0175. The van der Waals surface area contributed by atoms with Gasteiger partial charge in [0.15, 0.2) is 5.82 Å². The number of hydrogen-bond acceptors (Lipinski definition) is 2. The Bertz CT molecular complexity index is 650. The molecule has 2 aromatic rings. The molecule has 20 heavy (non-hydrogen) atoms. The van der Waals surface area contributed by atoms with Crippen LogP contribution in [-0.4, -0.2) is 9.55 Å². The summed E-state index contributed by atoms with van der Waals surface area (Å²) >= 11 is 0. The van der Waals surface area contributed by atoms with Crippen LogP contribution in [0.3, 0.4) is 0 Å². The Kier molecular flexibility index (Phi) is 3.15. The third kappa shape index (κ3) is 1.96. The van der Waals surface area contributed by atoms with E-state index in [1.54, 1.807) is 0 Å². The Labute approximate surface area is 116 Å². The number of benzene rings is 1. The lowest BCUT2D eigenvalue weighted by atomic mass is 9.78. The van der Waals surface area contributed by atoms with E-state index in [-0.39, 0.29) is 17.5 Å². The number of rotatable bonds is 1. The summed E-state index contributed by atoms with van der Waals surface area (Å²) in [6, 6.07) is 2.34. The fourth-order valence-corrected chi connectivity index (χ4v) is 3.41. The van der Waals surface area contributed by atoms with Gasteiger partial charge in [-0.3, -0.25) is 0 Å². The van der Waals surface area contributed by atoms with Gasteiger partial charge >= 0.3 is 0 Å². The molecular formula is C15H19F2N3. The Hall–Kier alpha value is -1.65. The Morgan fingerprint density at radius 2 is 2.00 bits per heavy atom. The summed E-state index contributed by atoms with van der Waals surface area (Å²) in [5, 5.41) is 0. The van der Waals surface area contributed by atoms with Gasteiger partial charge in [0.2, 0.25) is 5.95 Å². The molecule has 3 unspecified atom stereocenters. The number of fused-ring (bicyclic) bond motifs is 1. The van der Waals surface area contributed by atoms with Crippen molar-refractivity contribution in [2.45, 2.75) is 39.2 Å². The lowest BCUT2D eigenvalue weighted by molar-refractivity contribution is 0.191. The fraction of sp³-hybridized carbons (Fsp3) is 0.533. The minimum atomic E-state index is -0.651. The van der Waals surface area contributed by atoms with E-state index in [0.29, 0.717) is 17.4 Å². The zero-order valence-electron chi connectivity index (χ0n) is 11.7. The van der Waals surface area contributed by atoms with Crippen molar-refractivity contribution in [3.8, 4) is 0 Å². The molecular weight excluding hydrogens is 260 g/mol. The van der Waals surface area contributed by atoms with Crippen LogP contribution in [0.25, 0.3) is 11.0 Å². The highest BCUT2D eigenvalue weighted by atomic mass is 19.1. The zero-order chi connectivity index (χ0) is 14.4. The second-order valence-electron chi connectivity index (χ2n) is 5.93. The molecule has 1 aromatic heterocycles. The van der Waals surface area contributed by atoms with Crippen molar-refractivity contribution in [3.63, 3.8) is 0 Å². The molecule has 1 aromatic carbocycles. The van der Waals surface area contributed by atoms with Crippen LogP contribution in [0, 0.1) is 23.5 Å². The molecule has 0 amide bonds. The van der Waals surface area contributed by atoms with Gasteiger partial charge < -0.3 is 10.3 Å². The van der Waals surface area contributed by atoms with Crippen molar-refractivity contribution in [1.29, 1.82) is 0 Å². The molecule has 1 heterocycles. The van der Waals surface area contributed by atoms with Gasteiger partial charge in [-0.25, -0.2) is 13.8 Å². The van der Waals surface area contributed by atoms with Crippen molar-refractivity contribution in [1.82, 2.24) is 9.55 Å². The molecule has 0 radical (unpaired) electrons. The van der Waals surface area contributed by atoms with E-state index in [2.05, 4.69) is 18.8 Å². The van der Waals surface area contributed by atoms with E-state index in [9.17, 15) is 8.78 Å². The number of nitrogen functional groups attached to an aromatic ring is 1. The van der Waals surface area contributed by atoms with E-state index in [1.807, 2.05) is 4.57 Å². The lowest BCUT2D eigenvalue weighted by Gasteiger charge is -2.35. The predicted molar refractivity (Wildman–Crippen MR) is 75.3 cm³/mol. The largest absolute Gasteiger partial charge is 0.369 e. The van der Waals surface area contributed by atoms with Crippen LogP contribution in [0.1, 0.15) is 39.2 Å². The van der Waals surface area contributed by atoms with E-state index < -0.39 is 11.6 Å². The van der Waals surface area contributed by atoms with Crippen molar-refractivity contribution >= 4 is 17.0 Å². The van der Waals surface area contributed by atoms with Crippen molar-refractivity contribution in [2.75, 3.05) is 5.73 Å². The monoisotopic (exact) mass is 279 g/mol. The topological polar surface area (TPSA) is 43.8 Å². The molecule has 0 spiro atoms. The summed E-state index contributed by atoms with van der Waals surface area (Å²) in [6.45, 7) is 4.39. The molecule has 0 saturated heterocycles. The van der Waals surface area contributed by atoms with Crippen LogP contribution in [0.2, 0.25) is 0 Å². The van der Waals surface area contributed by atoms with Crippen LogP contribution in [-0.2, 0) is 0 Å². The minimum Gasteiger partial charge on any atom is -0.369 e. The van der Waals surface area contributed by atoms with Crippen LogP contribution >= 0.6 is 0 Å². The number of anilines is 1. The van der Waals surface area contributed by atoms with Crippen LogP contribution < -0.4 is 5.73 Å². The number of hydrogen-bond donors (Lipinski definition) is 1. The molecule has 3 rings (SSSR count). The highest BCUT2D eigenvalue weighted by molar-refractivity contribution is 5.79. The first-order valence-electron chi connectivity index (χ1n) is 7.11. The van der Waals surface area contributed by atoms with Gasteiger partial charge in [0.25, 0.3) is 0 Å². The first-order chi connectivity index (χ1) is 9.49. The Balaban J connectivity index is 2.18. The summed E-state index contributed by atoms with van der Waals surface area (Å²) in [5.41, 5.74) is 6.60. The SMILES string of the molecule is CC1CCCC(n2c(N)nc3c(F)cc(F)cc32)C1C. The number of imidazole rings is 1. The van der Waals surface area contributed by atoms with Crippen molar-refractivity contribution in [3.05, 3.63) is 23.8 Å². The predicted octanol–water partition coefficient (Wildman–Crippen LogP) is 3.89. The Morgan fingerprint density at radius 1 is 1.25 bits per heavy atom. The quantitative estimate of drug-likeness (QED) is 0.860. The molecule has 1 aliphatic rings. The second-order valence-corrected chi connectivity index (χ2v) is 5.93. The lowest BCUT2D eigenvalue weighted by Crippen LogP contribution is -2.27. The van der Waals surface area contributed by atoms with E-state index in [1.165, 1.54) is 12.5 Å². The molecule has 0 aliphatic heterocycles. The summed E-state index contributed by atoms with van der Waals surface area (Å²) in [4.78, 5) is 4.09. The number of aromatic nitrogens is 2. The molecule has 5 heteroatoms. The summed E-state index contributed by atoms with van der Waals surface area (Å²) in [7, 11) is 0. The van der Waals surface area contributed by atoms with Crippen molar-refractivity contribution < 1.29 is 8.78 Å². The van der Waals surface area contributed by atoms with Crippen LogP contribution in [0.5, 0.6) is 0 Å². The maximum Gasteiger partial charge on any atom is 0.201 e. The number of nitrogens with zero attached hydrogens (tertiary/aromatic N) is 2. The van der Waals surface area contributed by atoms with Gasteiger partial charge in [0, 0.05) is 18.2 Å². The molecule has 2 N–H and O–H groups in total. The third-order valence-corrected chi connectivity index (χ3v) is 4.74. The van der Waals surface area contributed by atoms with E-state index in [0.717, 1.165) is 18.9 Å². The first kappa shape index (κ1) is 13.3. The fourth-order valence-electron chi connectivity index (χ4n) is 3.41. The molecule has 3 nitrogen and oxygen atoms in total. The summed E-state index contributed by atoms with van der Waals surface area (Å²) < 4.78 is 29.1. The van der Waals surface area contributed by atoms with Gasteiger partial charge in [-0.1, -0.05) is 26.7 Å². The normalized spacial score (nSPS) is 27.1. The molecule has 3 atom stereocenters. The van der Waals surface area contributed by atoms with E-state index in [4.69, 9.17) is 5.73 Å².